The number of rotatable bonds is 7. The smallest absolute Gasteiger partial charge is 0.335 e. The molecule has 1 aromatic heterocycles. The van der Waals surface area contributed by atoms with Crippen molar-refractivity contribution < 1.29 is 20.1 Å². The molecule has 4 N–H and O–H groups in total. The van der Waals surface area contributed by atoms with Gasteiger partial charge in [0, 0.05) is 6.54 Å². The summed E-state index contributed by atoms with van der Waals surface area (Å²) >= 11 is 0. The molecule has 8 nitrogen and oxygen atoms in total. The molecule has 0 radical (unpaired) electrons. The van der Waals surface area contributed by atoms with E-state index in [2.05, 4.69) is 46.6 Å². The van der Waals surface area contributed by atoms with Crippen LogP contribution in [-0.4, -0.2) is 42.6 Å². The molecule has 4 aromatic carbocycles. The highest BCUT2D eigenvalue weighted by Gasteiger charge is 2.19. The van der Waals surface area contributed by atoms with Crippen LogP contribution in [0.2, 0.25) is 0 Å². The minimum Gasteiger partial charge on any atom is -0.507 e. The maximum absolute atomic E-state index is 11.1. The Morgan fingerprint density at radius 2 is 1.37 bits per heavy atom. The summed E-state index contributed by atoms with van der Waals surface area (Å²) in [5.41, 5.74) is 2.97. The molecule has 0 amide bonds. The summed E-state index contributed by atoms with van der Waals surface area (Å²) < 4.78 is 1.50. The number of nitrogens with one attached hydrogen (secondary N) is 1. The van der Waals surface area contributed by atoms with Gasteiger partial charge in [-0.05, 0) is 60.6 Å². The van der Waals surface area contributed by atoms with Crippen LogP contribution in [-0.2, 0) is 6.54 Å². The number of hydrogen-bond donors (Lipinski definition) is 4. The van der Waals surface area contributed by atoms with E-state index >= 15 is 0 Å². The van der Waals surface area contributed by atoms with Crippen LogP contribution in [0.25, 0.3) is 28.5 Å². The van der Waals surface area contributed by atoms with Gasteiger partial charge < -0.3 is 20.6 Å². The lowest BCUT2D eigenvalue weighted by Gasteiger charge is -2.07. The van der Waals surface area contributed by atoms with Gasteiger partial charge in [-0.25, -0.2) is 14.5 Å². The van der Waals surface area contributed by atoms with Crippen molar-refractivity contribution in [3.8, 4) is 40.0 Å². The second-order valence-corrected chi connectivity index (χ2v) is 8.32. The number of benzene rings is 4. The van der Waals surface area contributed by atoms with Crippen molar-refractivity contribution in [3.63, 3.8) is 0 Å². The lowest BCUT2D eigenvalue weighted by molar-refractivity contribution is 0.0697. The van der Waals surface area contributed by atoms with Crippen LogP contribution < -0.4 is 5.32 Å². The van der Waals surface area contributed by atoms with E-state index in [1.54, 1.807) is 54.6 Å². The third-order valence-electron chi connectivity index (χ3n) is 5.68. The predicted octanol–water partition coefficient (Wildman–Crippen LogP) is 5.51. The topological polar surface area (TPSA) is 121 Å². The van der Waals surface area contributed by atoms with Gasteiger partial charge in [-0.3, -0.25) is 0 Å². The zero-order valence-corrected chi connectivity index (χ0v) is 20.8. The zero-order chi connectivity index (χ0) is 26.9. The summed E-state index contributed by atoms with van der Waals surface area (Å²) in [5, 5.41) is 37.3. The lowest BCUT2D eigenvalue weighted by atomic mass is 10.1. The highest BCUT2D eigenvalue weighted by molar-refractivity contribution is 5.87. The summed E-state index contributed by atoms with van der Waals surface area (Å²) in [7, 11) is 0. The molecule has 8 heteroatoms. The minimum atomic E-state index is -1.03. The first kappa shape index (κ1) is 26.1. The van der Waals surface area contributed by atoms with Crippen LogP contribution in [0.15, 0.2) is 103 Å². The number of phenols is 2. The first-order chi connectivity index (χ1) is 18.5. The number of aromatic carboxylic acids is 1. The zero-order valence-electron chi connectivity index (χ0n) is 20.8. The fourth-order valence-corrected chi connectivity index (χ4v) is 3.72. The SMILES string of the molecule is CCNCc1ccccc1.O=C(O)c1ccc(-n2nc(-c3ccccc3O)nc2-c2ccccc2O)cc1. The average Bonchev–Trinajstić information content (AvgIpc) is 3.38. The molecule has 0 atom stereocenters. The molecule has 0 fully saturated rings. The van der Waals surface area contributed by atoms with Crippen LogP contribution in [0.5, 0.6) is 11.5 Å². The van der Waals surface area contributed by atoms with E-state index in [0.29, 0.717) is 22.6 Å². The molecule has 0 aliphatic heterocycles. The number of carbonyl (C=O) groups is 1. The molecule has 5 aromatic rings. The average molecular weight is 509 g/mol. The Labute approximate surface area is 220 Å². The van der Waals surface area contributed by atoms with E-state index in [4.69, 9.17) is 5.11 Å². The number of carboxylic acids is 1. The molecule has 0 aliphatic rings. The Balaban J connectivity index is 0.000000283. The maximum atomic E-state index is 11.1. The Bertz CT molecular complexity index is 1500. The molecular formula is C30H28N4O4. The molecule has 5 rings (SSSR count). The van der Waals surface area contributed by atoms with Gasteiger partial charge in [0.25, 0.3) is 0 Å². The summed E-state index contributed by atoms with van der Waals surface area (Å²) in [5.74, 6) is -0.328. The molecule has 0 saturated heterocycles. The molecule has 38 heavy (non-hydrogen) atoms. The van der Waals surface area contributed by atoms with Gasteiger partial charge >= 0.3 is 5.97 Å². The van der Waals surface area contributed by atoms with E-state index in [1.165, 1.54) is 28.4 Å². The van der Waals surface area contributed by atoms with Gasteiger partial charge in [0.1, 0.15) is 11.5 Å². The van der Waals surface area contributed by atoms with Crippen molar-refractivity contribution in [2.75, 3.05) is 6.54 Å². The van der Waals surface area contributed by atoms with Gasteiger partial charge in [-0.1, -0.05) is 61.5 Å². The van der Waals surface area contributed by atoms with Crippen LogP contribution in [0.3, 0.4) is 0 Å². The third kappa shape index (κ3) is 6.24. The number of aromatic hydroxyl groups is 2. The quantitative estimate of drug-likeness (QED) is 0.229. The molecular weight excluding hydrogens is 480 g/mol. The molecule has 0 unspecified atom stereocenters. The van der Waals surface area contributed by atoms with Gasteiger partial charge in [-0.15, -0.1) is 5.10 Å². The van der Waals surface area contributed by atoms with Gasteiger partial charge in [0.2, 0.25) is 0 Å². The van der Waals surface area contributed by atoms with E-state index in [1.807, 2.05) is 6.07 Å². The molecule has 1 heterocycles. The Kier molecular flexibility index (Phi) is 8.48. The van der Waals surface area contributed by atoms with Gasteiger partial charge in [-0.2, -0.15) is 0 Å². The molecule has 0 bridgehead atoms. The highest BCUT2D eigenvalue weighted by atomic mass is 16.4. The van der Waals surface area contributed by atoms with Crippen molar-refractivity contribution >= 4 is 5.97 Å². The lowest BCUT2D eigenvalue weighted by Crippen LogP contribution is -2.11. The van der Waals surface area contributed by atoms with E-state index < -0.39 is 5.97 Å². The van der Waals surface area contributed by atoms with Crippen LogP contribution in [0.4, 0.5) is 0 Å². The normalized spacial score (nSPS) is 10.4. The van der Waals surface area contributed by atoms with Crippen molar-refractivity contribution in [1.29, 1.82) is 0 Å². The first-order valence-corrected chi connectivity index (χ1v) is 12.1. The molecule has 0 saturated carbocycles. The predicted molar refractivity (Wildman–Crippen MR) is 146 cm³/mol. The number of phenolic OH excluding ortho intramolecular Hbond substituents is 2. The van der Waals surface area contributed by atoms with E-state index in [-0.39, 0.29) is 22.9 Å². The van der Waals surface area contributed by atoms with Crippen molar-refractivity contribution in [2.45, 2.75) is 13.5 Å². The Hall–Kier alpha value is -4.95. The van der Waals surface area contributed by atoms with Crippen LogP contribution in [0.1, 0.15) is 22.8 Å². The molecule has 0 spiro atoms. The summed E-state index contributed by atoms with van der Waals surface area (Å²) in [4.78, 5) is 15.6. The Morgan fingerprint density at radius 3 is 1.95 bits per heavy atom. The highest BCUT2D eigenvalue weighted by Crippen LogP contribution is 2.33. The summed E-state index contributed by atoms with van der Waals surface area (Å²) in [6.45, 7) is 4.13. The second kappa shape index (κ2) is 12.3. The first-order valence-electron chi connectivity index (χ1n) is 12.1. The fourth-order valence-electron chi connectivity index (χ4n) is 3.72. The standard InChI is InChI=1S/C21H15N3O4.C9H13N/c25-17-7-3-1-5-15(17)19-22-20(16-6-2-4-8-18(16)26)24(23-19)14-11-9-13(10-12-14)21(27)28;1-2-10-8-9-6-4-3-5-7-9/h1-12,25-26H,(H,27,28);3-7,10H,2,8H2,1H3. The monoisotopic (exact) mass is 508 g/mol. The summed E-state index contributed by atoms with van der Waals surface area (Å²) in [6, 6.07) is 30.0. The number of para-hydroxylation sites is 2. The van der Waals surface area contributed by atoms with Gasteiger partial charge in [0.05, 0.1) is 22.4 Å². The van der Waals surface area contributed by atoms with Crippen molar-refractivity contribution in [3.05, 3.63) is 114 Å². The second-order valence-electron chi connectivity index (χ2n) is 8.32. The number of aromatic nitrogens is 3. The largest absolute Gasteiger partial charge is 0.507 e. The van der Waals surface area contributed by atoms with Gasteiger partial charge in [0.15, 0.2) is 11.6 Å². The maximum Gasteiger partial charge on any atom is 0.335 e. The number of carboxylic acid groups (broad SMARTS) is 1. The number of hydrogen-bond acceptors (Lipinski definition) is 6. The third-order valence-corrected chi connectivity index (χ3v) is 5.68. The molecule has 0 aliphatic carbocycles. The fraction of sp³-hybridized carbons (Fsp3) is 0.100. The Morgan fingerprint density at radius 1 is 0.789 bits per heavy atom. The number of nitrogens with zero attached hydrogens (tertiary/aromatic N) is 3. The van der Waals surface area contributed by atoms with Crippen LogP contribution in [0, 0.1) is 0 Å². The minimum absolute atomic E-state index is 0.0298. The van der Waals surface area contributed by atoms with E-state index in [0.717, 1.165) is 13.1 Å². The van der Waals surface area contributed by atoms with E-state index in [9.17, 15) is 15.0 Å². The van der Waals surface area contributed by atoms with Crippen LogP contribution >= 0.6 is 0 Å². The van der Waals surface area contributed by atoms with Crippen molar-refractivity contribution in [2.24, 2.45) is 0 Å². The van der Waals surface area contributed by atoms with Crippen molar-refractivity contribution in [1.82, 2.24) is 20.1 Å². The summed E-state index contributed by atoms with van der Waals surface area (Å²) in [6.07, 6.45) is 0. The molecule has 192 valence electrons.